The second-order valence-electron chi connectivity index (χ2n) is 7.13. The number of aliphatic hydroxyl groups excluding tert-OH is 1. The zero-order valence-corrected chi connectivity index (χ0v) is 15.1. The molecule has 0 spiro atoms. The van der Waals surface area contributed by atoms with Gasteiger partial charge in [-0.1, -0.05) is 24.3 Å². The van der Waals surface area contributed by atoms with Gasteiger partial charge in [-0.05, 0) is 37.6 Å². The van der Waals surface area contributed by atoms with Crippen LogP contribution >= 0.6 is 0 Å². The van der Waals surface area contributed by atoms with E-state index >= 15 is 0 Å². The van der Waals surface area contributed by atoms with Crippen molar-refractivity contribution in [1.82, 2.24) is 14.7 Å². The van der Waals surface area contributed by atoms with Crippen molar-refractivity contribution in [2.45, 2.75) is 25.5 Å². The monoisotopic (exact) mass is 347 g/mol. The van der Waals surface area contributed by atoms with Crippen molar-refractivity contribution in [3.05, 3.63) is 35.4 Å². The van der Waals surface area contributed by atoms with Gasteiger partial charge in [-0.25, -0.2) is 4.79 Å². The minimum absolute atomic E-state index is 0.0588. The summed E-state index contributed by atoms with van der Waals surface area (Å²) >= 11 is 0. The van der Waals surface area contributed by atoms with Crippen LogP contribution in [-0.2, 0) is 17.7 Å². The van der Waals surface area contributed by atoms with Gasteiger partial charge < -0.3 is 19.6 Å². The predicted molar refractivity (Wildman–Crippen MR) is 96.5 cm³/mol. The van der Waals surface area contributed by atoms with Crippen LogP contribution in [0.15, 0.2) is 24.3 Å². The number of amides is 1. The molecular weight excluding hydrogens is 318 g/mol. The molecule has 0 saturated carbocycles. The van der Waals surface area contributed by atoms with Crippen LogP contribution in [0.3, 0.4) is 0 Å². The Bertz CT molecular complexity index is 581. The number of benzene rings is 1. The number of hydrogen-bond donors (Lipinski definition) is 1. The van der Waals surface area contributed by atoms with Crippen molar-refractivity contribution >= 4 is 6.09 Å². The lowest BCUT2D eigenvalue weighted by Crippen LogP contribution is -2.40. The first-order valence-corrected chi connectivity index (χ1v) is 9.19. The predicted octanol–water partition coefficient (Wildman–Crippen LogP) is 1.18. The van der Waals surface area contributed by atoms with Crippen molar-refractivity contribution in [1.29, 1.82) is 0 Å². The average Bonchev–Trinajstić information content (AvgIpc) is 2.84. The Balaban J connectivity index is 1.41. The molecular formula is C19H29N3O3. The number of ether oxygens (including phenoxy) is 1. The highest BCUT2D eigenvalue weighted by atomic mass is 16.6. The number of carbonyl (C=O) groups is 1. The lowest BCUT2D eigenvalue weighted by Gasteiger charge is -2.30. The highest BCUT2D eigenvalue weighted by Gasteiger charge is 2.22. The molecule has 1 saturated heterocycles. The van der Waals surface area contributed by atoms with E-state index in [2.05, 4.69) is 41.1 Å². The maximum absolute atomic E-state index is 12.2. The maximum Gasteiger partial charge on any atom is 0.409 e. The van der Waals surface area contributed by atoms with Crippen LogP contribution < -0.4 is 0 Å². The van der Waals surface area contributed by atoms with Crippen molar-refractivity contribution in [2.24, 2.45) is 0 Å². The van der Waals surface area contributed by atoms with E-state index in [1.807, 2.05) is 0 Å². The maximum atomic E-state index is 12.2. The Morgan fingerprint density at radius 2 is 1.96 bits per heavy atom. The van der Waals surface area contributed by atoms with Gasteiger partial charge in [-0.15, -0.1) is 0 Å². The van der Waals surface area contributed by atoms with Crippen molar-refractivity contribution in [2.75, 3.05) is 52.9 Å². The normalized spacial score (nSPS) is 20.6. The molecule has 1 amide bonds. The zero-order valence-electron chi connectivity index (χ0n) is 15.1. The van der Waals surface area contributed by atoms with E-state index in [1.54, 1.807) is 4.90 Å². The summed E-state index contributed by atoms with van der Waals surface area (Å²) < 4.78 is 5.34. The Labute approximate surface area is 150 Å². The smallest absolute Gasteiger partial charge is 0.409 e. The third kappa shape index (κ3) is 5.17. The minimum Gasteiger partial charge on any atom is -0.447 e. The molecule has 1 aromatic carbocycles. The Morgan fingerprint density at radius 1 is 1.16 bits per heavy atom. The van der Waals surface area contributed by atoms with Gasteiger partial charge in [0.2, 0.25) is 0 Å². The number of fused-ring (bicyclic) bond motifs is 1. The number of hydrogen-bond acceptors (Lipinski definition) is 5. The molecule has 3 rings (SSSR count). The molecule has 0 aliphatic carbocycles. The van der Waals surface area contributed by atoms with E-state index in [0.717, 1.165) is 45.6 Å². The fourth-order valence-electron chi connectivity index (χ4n) is 3.55. The molecule has 1 fully saturated rings. The Morgan fingerprint density at radius 3 is 2.80 bits per heavy atom. The molecule has 0 bridgehead atoms. The Kier molecular flexibility index (Phi) is 6.29. The first kappa shape index (κ1) is 18.2. The fraction of sp³-hybridized carbons (Fsp3) is 0.632. The van der Waals surface area contributed by atoms with Gasteiger partial charge in [-0.3, -0.25) is 4.90 Å². The second kappa shape index (κ2) is 8.65. The molecule has 1 unspecified atom stereocenters. The third-order valence-corrected chi connectivity index (χ3v) is 5.06. The lowest BCUT2D eigenvalue weighted by molar-refractivity contribution is 0.0277. The van der Waals surface area contributed by atoms with E-state index in [4.69, 9.17) is 4.74 Å². The van der Waals surface area contributed by atoms with Crippen molar-refractivity contribution in [3.8, 4) is 0 Å². The fourth-order valence-corrected chi connectivity index (χ4v) is 3.55. The SMILES string of the molecule is CN1CCCN(C(=O)OCC(O)CN2CCc3ccccc3C2)CC1. The standard InChI is InChI=1S/C19H29N3O3/c1-20-8-4-9-22(12-11-20)19(24)25-15-18(23)14-21-10-7-16-5-2-3-6-17(16)13-21/h2-3,5-6,18,23H,4,7-15H2,1H3. The van der Waals surface area contributed by atoms with Crippen molar-refractivity contribution in [3.63, 3.8) is 0 Å². The third-order valence-electron chi connectivity index (χ3n) is 5.06. The number of rotatable bonds is 4. The van der Waals surface area contributed by atoms with E-state index in [0.29, 0.717) is 13.1 Å². The second-order valence-corrected chi connectivity index (χ2v) is 7.13. The van der Waals surface area contributed by atoms with Gasteiger partial charge in [0.05, 0.1) is 0 Å². The average molecular weight is 347 g/mol. The van der Waals surface area contributed by atoms with E-state index in [1.165, 1.54) is 11.1 Å². The molecule has 1 N–H and O–H groups in total. The number of carbonyl (C=O) groups excluding carboxylic acids is 1. The molecule has 2 aliphatic heterocycles. The van der Waals surface area contributed by atoms with E-state index in [9.17, 15) is 9.90 Å². The van der Waals surface area contributed by atoms with Crippen LogP contribution in [0.4, 0.5) is 4.79 Å². The van der Waals surface area contributed by atoms with Gasteiger partial charge in [-0.2, -0.15) is 0 Å². The molecule has 1 aromatic rings. The van der Waals surface area contributed by atoms with Crippen LogP contribution in [0.5, 0.6) is 0 Å². The van der Waals surface area contributed by atoms with Crippen LogP contribution in [0.1, 0.15) is 17.5 Å². The van der Waals surface area contributed by atoms with E-state index in [-0.39, 0.29) is 12.7 Å². The van der Waals surface area contributed by atoms with E-state index < -0.39 is 6.10 Å². The van der Waals surface area contributed by atoms with Crippen LogP contribution in [0.2, 0.25) is 0 Å². The summed E-state index contributed by atoms with van der Waals surface area (Å²) in [5.74, 6) is 0. The first-order valence-electron chi connectivity index (χ1n) is 9.19. The number of likely N-dealkylation sites (N-methyl/N-ethyl adjacent to an activating group) is 1. The molecule has 0 aromatic heterocycles. The summed E-state index contributed by atoms with van der Waals surface area (Å²) in [5, 5.41) is 10.2. The minimum atomic E-state index is -0.649. The highest BCUT2D eigenvalue weighted by molar-refractivity contribution is 5.67. The lowest BCUT2D eigenvalue weighted by atomic mass is 10.00. The molecule has 2 aliphatic rings. The van der Waals surface area contributed by atoms with Crippen LogP contribution in [0.25, 0.3) is 0 Å². The quantitative estimate of drug-likeness (QED) is 0.886. The Hall–Kier alpha value is -1.63. The number of aliphatic hydroxyl groups is 1. The highest BCUT2D eigenvalue weighted by Crippen LogP contribution is 2.18. The molecule has 138 valence electrons. The summed E-state index contributed by atoms with van der Waals surface area (Å²) in [5.41, 5.74) is 2.72. The van der Waals surface area contributed by atoms with Crippen molar-refractivity contribution < 1.29 is 14.6 Å². The molecule has 25 heavy (non-hydrogen) atoms. The summed E-state index contributed by atoms with van der Waals surface area (Å²) in [4.78, 5) is 18.4. The van der Waals surface area contributed by atoms with Crippen LogP contribution in [-0.4, -0.2) is 84.9 Å². The summed E-state index contributed by atoms with van der Waals surface area (Å²) in [6.45, 7) is 5.65. The molecule has 6 heteroatoms. The van der Waals surface area contributed by atoms with Gasteiger partial charge in [0, 0.05) is 39.3 Å². The summed E-state index contributed by atoms with van der Waals surface area (Å²) in [7, 11) is 2.06. The summed E-state index contributed by atoms with van der Waals surface area (Å²) in [6.07, 6.45) is 1.01. The molecule has 0 radical (unpaired) electrons. The molecule has 6 nitrogen and oxygen atoms in total. The topological polar surface area (TPSA) is 56.3 Å². The largest absolute Gasteiger partial charge is 0.447 e. The number of β-amino-alcohol motifs (C(OH)–C–C–N with tert-alkyl or cyclic N) is 1. The van der Waals surface area contributed by atoms with Crippen LogP contribution in [0, 0.1) is 0 Å². The molecule has 1 atom stereocenters. The van der Waals surface area contributed by atoms with Gasteiger partial charge in [0.1, 0.15) is 12.7 Å². The summed E-state index contributed by atoms with van der Waals surface area (Å²) in [6, 6.07) is 8.44. The van der Waals surface area contributed by atoms with Gasteiger partial charge in [0.25, 0.3) is 0 Å². The zero-order chi connectivity index (χ0) is 17.6. The first-order chi connectivity index (χ1) is 12.1. The molecule has 2 heterocycles. The van der Waals surface area contributed by atoms with Gasteiger partial charge in [0.15, 0.2) is 0 Å². The van der Waals surface area contributed by atoms with Gasteiger partial charge >= 0.3 is 6.09 Å². The number of nitrogens with zero attached hydrogens (tertiary/aromatic N) is 3.